The molecule has 0 aliphatic carbocycles. The van der Waals surface area contributed by atoms with E-state index in [1.165, 1.54) is 0 Å². The fourth-order valence-corrected chi connectivity index (χ4v) is 2.54. The molecule has 1 atom stereocenters. The fraction of sp³-hybridized carbons (Fsp3) is 0.467. The SMILES string of the molecule is C=CCc1cc2c(cc1O)C(C)(C)C(CCO)O2. The number of aliphatic hydroxyl groups excluding tert-OH is 1. The summed E-state index contributed by atoms with van der Waals surface area (Å²) in [4.78, 5) is 0. The first-order valence-corrected chi connectivity index (χ1v) is 6.25. The molecule has 0 aromatic heterocycles. The van der Waals surface area contributed by atoms with E-state index in [4.69, 9.17) is 9.84 Å². The summed E-state index contributed by atoms with van der Waals surface area (Å²) in [6.07, 6.45) is 2.93. The van der Waals surface area contributed by atoms with E-state index in [1.807, 2.05) is 6.07 Å². The second-order valence-electron chi connectivity index (χ2n) is 5.31. The summed E-state index contributed by atoms with van der Waals surface area (Å²) in [6, 6.07) is 3.66. The molecule has 1 heterocycles. The van der Waals surface area contributed by atoms with Crippen molar-refractivity contribution in [3.8, 4) is 11.5 Å². The van der Waals surface area contributed by atoms with Crippen LogP contribution in [0.1, 0.15) is 31.4 Å². The number of aliphatic hydroxyl groups is 1. The van der Waals surface area contributed by atoms with Crippen molar-refractivity contribution in [3.63, 3.8) is 0 Å². The summed E-state index contributed by atoms with van der Waals surface area (Å²) in [6.45, 7) is 7.93. The van der Waals surface area contributed by atoms with Crippen molar-refractivity contribution in [1.29, 1.82) is 0 Å². The molecule has 0 fully saturated rings. The van der Waals surface area contributed by atoms with Gasteiger partial charge in [0.1, 0.15) is 17.6 Å². The third-order valence-electron chi connectivity index (χ3n) is 3.70. The van der Waals surface area contributed by atoms with Gasteiger partial charge in [-0.05, 0) is 18.6 Å². The van der Waals surface area contributed by atoms with Gasteiger partial charge in [-0.3, -0.25) is 0 Å². The Morgan fingerprint density at radius 1 is 1.44 bits per heavy atom. The van der Waals surface area contributed by atoms with Crippen molar-refractivity contribution in [1.82, 2.24) is 0 Å². The number of aromatic hydroxyl groups is 1. The van der Waals surface area contributed by atoms with Gasteiger partial charge >= 0.3 is 0 Å². The van der Waals surface area contributed by atoms with E-state index in [9.17, 15) is 5.11 Å². The Bertz CT molecular complexity index is 463. The van der Waals surface area contributed by atoms with E-state index in [1.54, 1.807) is 12.1 Å². The second-order valence-corrected chi connectivity index (χ2v) is 5.31. The molecular formula is C15H20O3. The van der Waals surface area contributed by atoms with Crippen LogP contribution in [0.4, 0.5) is 0 Å². The maximum absolute atomic E-state index is 10.0. The van der Waals surface area contributed by atoms with Crippen LogP contribution < -0.4 is 4.74 Å². The minimum atomic E-state index is -0.192. The second kappa shape index (κ2) is 4.65. The van der Waals surface area contributed by atoms with Gasteiger partial charge in [-0.25, -0.2) is 0 Å². The maximum Gasteiger partial charge on any atom is 0.124 e. The summed E-state index contributed by atoms with van der Waals surface area (Å²) in [5.41, 5.74) is 1.64. The van der Waals surface area contributed by atoms with Gasteiger partial charge in [0.2, 0.25) is 0 Å². The number of rotatable bonds is 4. The Balaban J connectivity index is 2.41. The molecule has 1 aromatic carbocycles. The molecule has 0 amide bonds. The van der Waals surface area contributed by atoms with Crippen LogP contribution in [0.5, 0.6) is 11.5 Å². The first kappa shape index (κ1) is 13.0. The van der Waals surface area contributed by atoms with Crippen molar-refractivity contribution in [3.05, 3.63) is 35.9 Å². The molecule has 2 N–H and O–H groups in total. The summed E-state index contributed by atoms with van der Waals surface area (Å²) < 4.78 is 5.90. The standard InChI is InChI=1S/C15H20O3/c1-4-5-10-8-13-11(9-12(10)17)15(2,3)14(18-13)6-7-16/h4,8-9,14,16-17H,1,5-7H2,2-3H3. The van der Waals surface area contributed by atoms with Crippen molar-refractivity contribution in [2.24, 2.45) is 0 Å². The van der Waals surface area contributed by atoms with Crippen LogP contribution in [-0.2, 0) is 11.8 Å². The normalized spacial score (nSPS) is 20.3. The topological polar surface area (TPSA) is 49.7 Å². The highest BCUT2D eigenvalue weighted by atomic mass is 16.5. The van der Waals surface area contributed by atoms with Gasteiger partial charge in [0.05, 0.1) is 0 Å². The molecular weight excluding hydrogens is 228 g/mol. The number of ether oxygens (including phenoxy) is 1. The van der Waals surface area contributed by atoms with E-state index in [-0.39, 0.29) is 23.9 Å². The molecule has 0 spiro atoms. The first-order chi connectivity index (χ1) is 8.50. The van der Waals surface area contributed by atoms with E-state index in [2.05, 4.69) is 20.4 Å². The van der Waals surface area contributed by atoms with E-state index >= 15 is 0 Å². The minimum absolute atomic E-state index is 0.0455. The zero-order chi connectivity index (χ0) is 13.3. The third-order valence-corrected chi connectivity index (χ3v) is 3.70. The van der Waals surface area contributed by atoms with Crippen LogP contribution in [0.3, 0.4) is 0 Å². The summed E-state index contributed by atoms with van der Waals surface area (Å²) in [7, 11) is 0. The van der Waals surface area contributed by atoms with Crippen LogP contribution in [0.15, 0.2) is 24.8 Å². The molecule has 18 heavy (non-hydrogen) atoms. The molecule has 3 heteroatoms. The lowest BCUT2D eigenvalue weighted by Gasteiger charge is -2.25. The average Bonchev–Trinajstić information content (AvgIpc) is 2.54. The highest BCUT2D eigenvalue weighted by molar-refractivity contribution is 5.52. The van der Waals surface area contributed by atoms with Gasteiger partial charge in [0.15, 0.2) is 0 Å². The molecule has 1 unspecified atom stereocenters. The van der Waals surface area contributed by atoms with Gasteiger partial charge in [0.25, 0.3) is 0 Å². The lowest BCUT2D eigenvalue weighted by atomic mass is 9.79. The van der Waals surface area contributed by atoms with Crippen LogP contribution in [0.2, 0.25) is 0 Å². The van der Waals surface area contributed by atoms with Crippen molar-refractivity contribution in [2.75, 3.05) is 6.61 Å². The van der Waals surface area contributed by atoms with Gasteiger partial charge in [0, 0.05) is 29.6 Å². The van der Waals surface area contributed by atoms with E-state index < -0.39 is 0 Å². The third kappa shape index (κ3) is 1.99. The largest absolute Gasteiger partial charge is 0.508 e. The number of fused-ring (bicyclic) bond motifs is 1. The molecule has 1 aromatic rings. The lowest BCUT2D eigenvalue weighted by Crippen LogP contribution is -2.32. The Hall–Kier alpha value is -1.48. The zero-order valence-electron chi connectivity index (χ0n) is 10.9. The molecule has 1 aliphatic rings. The van der Waals surface area contributed by atoms with Crippen molar-refractivity contribution in [2.45, 2.75) is 38.2 Å². The number of phenolic OH excluding ortho intramolecular Hbond substituents is 1. The maximum atomic E-state index is 10.0. The number of hydrogen-bond acceptors (Lipinski definition) is 3. The highest BCUT2D eigenvalue weighted by Gasteiger charge is 2.41. The van der Waals surface area contributed by atoms with E-state index in [0.29, 0.717) is 12.8 Å². The van der Waals surface area contributed by atoms with E-state index in [0.717, 1.165) is 16.9 Å². The van der Waals surface area contributed by atoms with Crippen molar-refractivity contribution >= 4 is 0 Å². The lowest BCUT2D eigenvalue weighted by molar-refractivity contribution is 0.125. The predicted molar refractivity (Wildman–Crippen MR) is 71.2 cm³/mol. The molecule has 3 nitrogen and oxygen atoms in total. The summed E-state index contributed by atoms with van der Waals surface area (Å²) in [5.74, 6) is 1.10. The van der Waals surface area contributed by atoms with Crippen molar-refractivity contribution < 1.29 is 14.9 Å². The van der Waals surface area contributed by atoms with Gasteiger partial charge in [-0.15, -0.1) is 6.58 Å². The Morgan fingerprint density at radius 3 is 2.78 bits per heavy atom. The average molecular weight is 248 g/mol. The highest BCUT2D eigenvalue weighted by Crippen LogP contribution is 2.46. The van der Waals surface area contributed by atoms with Gasteiger partial charge in [-0.2, -0.15) is 0 Å². The smallest absolute Gasteiger partial charge is 0.124 e. The fourth-order valence-electron chi connectivity index (χ4n) is 2.54. The molecule has 0 bridgehead atoms. The number of benzene rings is 1. The Morgan fingerprint density at radius 2 is 2.17 bits per heavy atom. The van der Waals surface area contributed by atoms with Crippen LogP contribution >= 0.6 is 0 Å². The molecule has 0 saturated carbocycles. The zero-order valence-corrected chi connectivity index (χ0v) is 10.9. The monoisotopic (exact) mass is 248 g/mol. The summed E-state index contributed by atoms with van der Waals surface area (Å²) >= 11 is 0. The molecule has 98 valence electrons. The Labute approximate surface area is 108 Å². The minimum Gasteiger partial charge on any atom is -0.508 e. The quantitative estimate of drug-likeness (QED) is 0.805. The first-order valence-electron chi connectivity index (χ1n) is 6.25. The number of allylic oxidation sites excluding steroid dienone is 1. The van der Waals surface area contributed by atoms with Crippen LogP contribution in [-0.4, -0.2) is 22.9 Å². The molecule has 2 rings (SSSR count). The molecule has 0 radical (unpaired) electrons. The van der Waals surface area contributed by atoms with Crippen LogP contribution in [0, 0.1) is 0 Å². The number of phenols is 1. The Kier molecular flexibility index (Phi) is 3.35. The molecule has 1 aliphatic heterocycles. The summed E-state index contributed by atoms with van der Waals surface area (Å²) in [5, 5.41) is 19.1. The van der Waals surface area contributed by atoms with Gasteiger partial charge < -0.3 is 14.9 Å². The molecule has 0 saturated heterocycles. The predicted octanol–water partition coefficient (Wildman–Crippen LogP) is 2.54. The van der Waals surface area contributed by atoms with Gasteiger partial charge in [-0.1, -0.05) is 19.9 Å². The number of hydrogen-bond donors (Lipinski definition) is 2. The van der Waals surface area contributed by atoms with Crippen LogP contribution in [0.25, 0.3) is 0 Å².